The summed E-state index contributed by atoms with van der Waals surface area (Å²) in [6.07, 6.45) is 26.9. The molecule has 4 fully saturated rings. The topological polar surface area (TPSA) is 124 Å². The first-order chi connectivity index (χ1) is 36.1. The van der Waals surface area contributed by atoms with Crippen LogP contribution in [0.3, 0.4) is 0 Å². The first-order valence-corrected chi connectivity index (χ1v) is 28.6. The van der Waals surface area contributed by atoms with Gasteiger partial charge in [-0.3, -0.25) is 9.59 Å². The Morgan fingerprint density at radius 3 is 1.19 bits per heavy atom. The van der Waals surface area contributed by atoms with Crippen LogP contribution >= 0.6 is 0 Å². The van der Waals surface area contributed by atoms with Gasteiger partial charge in [-0.15, -0.1) is 0 Å². The second-order valence-electron chi connectivity index (χ2n) is 21.6. The van der Waals surface area contributed by atoms with E-state index in [1.54, 1.807) is 0 Å². The van der Waals surface area contributed by atoms with Crippen molar-refractivity contribution in [2.24, 2.45) is 35.5 Å². The zero-order valence-corrected chi connectivity index (χ0v) is 44.8. The van der Waals surface area contributed by atoms with Crippen molar-refractivity contribution in [3.8, 4) is 35.2 Å². The number of benzene rings is 2. The summed E-state index contributed by atoms with van der Waals surface area (Å²) in [5.74, 6) is 16.4. The lowest BCUT2D eigenvalue weighted by molar-refractivity contribution is -0.142. The van der Waals surface area contributed by atoms with Crippen molar-refractivity contribution < 1.29 is 47.6 Å². The van der Waals surface area contributed by atoms with E-state index < -0.39 is 11.9 Å². The molecule has 4 saturated carbocycles. The highest BCUT2D eigenvalue weighted by atomic mass is 16.5. The number of hydrogen-bond donors (Lipinski definition) is 0. The predicted molar refractivity (Wildman–Crippen MR) is 290 cm³/mol. The van der Waals surface area contributed by atoms with Gasteiger partial charge in [-0.2, -0.15) is 0 Å². The molecule has 0 radical (unpaired) electrons. The smallest absolute Gasteiger partial charge is 0.330 e. The summed E-state index contributed by atoms with van der Waals surface area (Å²) in [6, 6.07) is 16.0. The monoisotopic (exact) mass is 1010 g/mol. The first kappa shape index (κ1) is 58.1. The van der Waals surface area contributed by atoms with Crippen LogP contribution in [0.2, 0.25) is 0 Å². The van der Waals surface area contributed by atoms with E-state index in [9.17, 15) is 19.2 Å². The SMILES string of the molecule is C=CC(=O)OCCCOC1CCC(C(=O)Oc2ccc(C(C#CC#CC(CC3CCC(CCC)CC3)c3ccc(OC(=O)C4CCC(OCCCOC(=O)C=C)CC4)cc3)CC3CCC(CCC)CC3)cc2)CC1. The van der Waals surface area contributed by atoms with Gasteiger partial charge < -0.3 is 28.4 Å². The molecule has 0 saturated heterocycles. The molecule has 0 aliphatic heterocycles. The number of rotatable bonds is 26. The molecule has 0 aromatic heterocycles. The third kappa shape index (κ3) is 20.2. The van der Waals surface area contributed by atoms with Gasteiger partial charge in [-0.1, -0.05) is 140 Å². The Kier molecular flexibility index (Phi) is 25.4. The Bertz CT molecular complexity index is 2000. The molecule has 74 heavy (non-hydrogen) atoms. The second kappa shape index (κ2) is 32.3. The van der Waals surface area contributed by atoms with Crippen LogP contribution in [0, 0.1) is 59.2 Å². The summed E-state index contributed by atoms with van der Waals surface area (Å²) >= 11 is 0. The van der Waals surface area contributed by atoms with E-state index in [0.29, 0.717) is 62.6 Å². The van der Waals surface area contributed by atoms with Crippen LogP contribution in [0.4, 0.5) is 0 Å². The van der Waals surface area contributed by atoms with Crippen LogP contribution in [0.25, 0.3) is 0 Å². The Hall–Kier alpha value is -5.16. The van der Waals surface area contributed by atoms with E-state index in [1.165, 1.54) is 77.0 Å². The Balaban J connectivity index is 1.07. The lowest BCUT2D eigenvalue weighted by Gasteiger charge is -2.30. The van der Waals surface area contributed by atoms with Gasteiger partial charge in [0.1, 0.15) is 11.5 Å². The van der Waals surface area contributed by atoms with E-state index in [2.05, 4.69) is 75.0 Å². The quantitative estimate of drug-likeness (QED) is 0.0296. The van der Waals surface area contributed by atoms with Crippen LogP contribution in [-0.2, 0) is 38.1 Å². The van der Waals surface area contributed by atoms with Crippen molar-refractivity contribution in [2.75, 3.05) is 26.4 Å². The maximum absolute atomic E-state index is 13.3. The minimum Gasteiger partial charge on any atom is -0.462 e. The van der Waals surface area contributed by atoms with Gasteiger partial charge in [-0.25, -0.2) is 9.59 Å². The Morgan fingerprint density at radius 2 is 0.851 bits per heavy atom. The highest BCUT2D eigenvalue weighted by molar-refractivity contribution is 5.81. The second-order valence-corrected chi connectivity index (χ2v) is 21.6. The van der Waals surface area contributed by atoms with Gasteiger partial charge in [0.05, 0.1) is 50.5 Å². The molecule has 2 aromatic carbocycles. The van der Waals surface area contributed by atoms with E-state index in [4.69, 9.17) is 28.4 Å². The molecule has 4 aliphatic rings. The highest BCUT2D eigenvalue weighted by Crippen LogP contribution is 2.39. The zero-order chi connectivity index (χ0) is 52.3. The number of esters is 4. The molecule has 4 aliphatic carbocycles. The van der Waals surface area contributed by atoms with Crippen LogP contribution in [0.1, 0.15) is 191 Å². The van der Waals surface area contributed by atoms with E-state index in [-0.39, 0.29) is 47.8 Å². The molecule has 0 heterocycles. The largest absolute Gasteiger partial charge is 0.462 e. The van der Waals surface area contributed by atoms with Crippen LogP contribution in [-0.4, -0.2) is 62.5 Å². The van der Waals surface area contributed by atoms with Gasteiger partial charge in [0.25, 0.3) is 0 Å². The van der Waals surface area contributed by atoms with Crippen LogP contribution in [0.15, 0.2) is 73.8 Å². The van der Waals surface area contributed by atoms with Crippen molar-refractivity contribution in [1.82, 2.24) is 0 Å². The average Bonchev–Trinajstić information content (AvgIpc) is 3.43. The molecule has 0 amide bonds. The van der Waals surface area contributed by atoms with Gasteiger partial charge in [-0.05, 0) is 135 Å². The van der Waals surface area contributed by atoms with Crippen LogP contribution in [0.5, 0.6) is 11.5 Å². The molecular weight excluding hydrogens is 929 g/mol. The number of carbonyl (C=O) groups excluding carboxylic acids is 4. The molecular formula is C64H86O10. The van der Waals surface area contributed by atoms with Crippen molar-refractivity contribution in [1.29, 1.82) is 0 Å². The van der Waals surface area contributed by atoms with Gasteiger partial charge >= 0.3 is 23.9 Å². The number of ether oxygens (including phenoxy) is 6. The molecule has 402 valence electrons. The molecule has 10 heteroatoms. The van der Waals surface area contributed by atoms with E-state index in [0.717, 1.165) is 99.3 Å². The highest BCUT2D eigenvalue weighted by Gasteiger charge is 2.31. The Morgan fingerprint density at radius 1 is 0.500 bits per heavy atom. The van der Waals surface area contributed by atoms with Gasteiger partial charge in [0.2, 0.25) is 0 Å². The standard InChI is InChI=1S/C64H86O10/c1-5-13-47-17-21-49(22-18-47)45-55(51-25-37-59(38-26-51)73-63(67)53-29-33-57(34-30-53)69-41-11-43-71-61(65)7-3)15-9-10-16-56(46-50-23-19-48(14-6-2)20-24-50)52-27-39-60(40-28-52)74-64(68)54-31-35-58(36-32-54)70-42-12-44-72-62(66)8-4/h7-8,25-28,37-40,47-50,53-58H,3-6,11-14,17-24,29-36,41-46H2,1-2H3. The lowest BCUT2D eigenvalue weighted by atomic mass is 9.75. The molecule has 2 atom stereocenters. The van der Waals surface area contributed by atoms with Crippen LogP contribution < -0.4 is 9.47 Å². The summed E-state index contributed by atoms with van der Waals surface area (Å²) in [7, 11) is 0. The molecule has 6 rings (SSSR count). The first-order valence-electron chi connectivity index (χ1n) is 28.6. The average molecular weight is 1020 g/mol. The van der Waals surface area contributed by atoms with E-state index in [1.807, 2.05) is 24.3 Å². The number of carbonyl (C=O) groups is 4. The van der Waals surface area contributed by atoms with Crippen molar-refractivity contribution in [3.63, 3.8) is 0 Å². The zero-order valence-electron chi connectivity index (χ0n) is 44.8. The fraction of sp³-hybridized carbons (Fsp3) is 0.625. The predicted octanol–water partition coefficient (Wildman–Crippen LogP) is 13.8. The molecule has 2 unspecified atom stereocenters. The minimum atomic E-state index is -0.426. The number of hydrogen-bond acceptors (Lipinski definition) is 10. The summed E-state index contributed by atoms with van der Waals surface area (Å²) in [6.45, 7) is 13.0. The summed E-state index contributed by atoms with van der Waals surface area (Å²) in [4.78, 5) is 49.1. The van der Waals surface area contributed by atoms with E-state index >= 15 is 0 Å². The Labute approximate surface area is 443 Å². The molecule has 0 N–H and O–H groups in total. The summed E-state index contributed by atoms with van der Waals surface area (Å²) < 4.78 is 33.9. The van der Waals surface area contributed by atoms with Crippen molar-refractivity contribution >= 4 is 23.9 Å². The third-order valence-corrected chi connectivity index (χ3v) is 16.1. The van der Waals surface area contributed by atoms with Crippen molar-refractivity contribution in [2.45, 2.75) is 192 Å². The fourth-order valence-electron chi connectivity index (χ4n) is 11.7. The normalized spacial score (nSPS) is 24.5. The molecule has 0 bridgehead atoms. The minimum absolute atomic E-state index is 0.00974. The fourth-order valence-corrected chi connectivity index (χ4v) is 11.7. The summed E-state index contributed by atoms with van der Waals surface area (Å²) in [5, 5.41) is 0. The third-order valence-electron chi connectivity index (χ3n) is 16.1. The maximum Gasteiger partial charge on any atom is 0.330 e. The van der Waals surface area contributed by atoms with Gasteiger partial charge in [0, 0.05) is 36.8 Å². The maximum atomic E-state index is 13.3. The van der Waals surface area contributed by atoms with Crippen molar-refractivity contribution in [3.05, 3.63) is 85.0 Å². The molecule has 10 nitrogen and oxygen atoms in total. The molecule has 2 aromatic rings. The molecule has 0 spiro atoms. The lowest BCUT2D eigenvalue weighted by Crippen LogP contribution is -2.29. The van der Waals surface area contributed by atoms with Gasteiger partial charge in [0.15, 0.2) is 0 Å². The summed E-state index contributed by atoms with van der Waals surface area (Å²) in [5.41, 5.74) is 2.25.